The summed E-state index contributed by atoms with van der Waals surface area (Å²) in [6.07, 6.45) is 0. The minimum absolute atomic E-state index is 0.916. The fourth-order valence-electron chi connectivity index (χ4n) is 1.09. The Morgan fingerprint density at radius 3 is 2.36 bits per heavy atom. The number of aryl methyl sites for hydroxylation is 2. The van der Waals surface area contributed by atoms with Gasteiger partial charge < -0.3 is 0 Å². The summed E-state index contributed by atoms with van der Waals surface area (Å²) in [4.78, 5) is 8.75. The molecule has 1 heterocycles. The van der Waals surface area contributed by atoms with Crippen molar-refractivity contribution in [2.24, 2.45) is 0 Å². The van der Waals surface area contributed by atoms with E-state index in [2.05, 4.69) is 16.9 Å². The van der Waals surface area contributed by atoms with Crippen molar-refractivity contribution in [1.82, 2.24) is 9.97 Å². The molecule has 0 aliphatic heterocycles. The Bertz CT molecular complexity index is 269. The number of rotatable bonds is 5. The van der Waals surface area contributed by atoms with Crippen LogP contribution < -0.4 is 0 Å². The van der Waals surface area contributed by atoms with Crippen molar-refractivity contribution < 1.29 is 0 Å². The monoisotopic (exact) mass is 228 g/mol. The van der Waals surface area contributed by atoms with Crippen LogP contribution in [0.25, 0.3) is 0 Å². The zero-order valence-corrected chi connectivity index (χ0v) is 10.5. The Labute approximate surface area is 94.3 Å². The molecule has 0 saturated heterocycles. The van der Waals surface area contributed by atoms with E-state index < -0.39 is 0 Å². The van der Waals surface area contributed by atoms with Gasteiger partial charge in [0.15, 0.2) is 5.16 Å². The van der Waals surface area contributed by atoms with Crippen LogP contribution in [0.4, 0.5) is 0 Å². The topological polar surface area (TPSA) is 25.8 Å². The molecule has 0 aromatic carbocycles. The number of thioether (sulfide) groups is 2. The Balaban J connectivity index is 2.42. The van der Waals surface area contributed by atoms with Crippen LogP contribution in [0.2, 0.25) is 0 Å². The summed E-state index contributed by atoms with van der Waals surface area (Å²) >= 11 is 3.71. The van der Waals surface area contributed by atoms with Gasteiger partial charge in [0.2, 0.25) is 0 Å². The van der Waals surface area contributed by atoms with E-state index in [-0.39, 0.29) is 0 Å². The van der Waals surface area contributed by atoms with Gasteiger partial charge >= 0.3 is 0 Å². The fraction of sp³-hybridized carbons (Fsp3) is 0.600. The van der Waals surface area contributed by atoms with Crippen LogP contribution in [-0.2, 0) is 0 Å². The SMILES string of the molecule is CCSCCSc1nc(C)cc(C)n1. The van der Waals surface area contributed by atoms with Crippen molar-refractivity contribution in [1.29, 1.82) is 0 Å². The molecule has 1 aromatic rings. The maximum absolute atomic E-state index is 4.37. The lowest BCUT2D eigenvalue weighted by Crippen LogP contribution is -1.94. The molecule has 0 fully saturated rings. The molecule has 0 N–H and O–H groups in total. The van der Waals surface area contributed by atoms with Gasteiger partial charge in [-0.25, -0.2) is 9.97 Å². The lowest BCUT2D eigenvalue weighted by molar-refractivity contribution is 0.903. The molecule has 78 valence electrons. The molecule has 0 bridgehead atoms. The molecular formula is C10H16N2S2. The molecule has 1 aromatic heterocycles. The van der Waals surface area contributed by atoms with Crippen molar-refractivity contribution in [2.45, 2.75) is 25.9 Å². The Kier molecular flexibility index (Phi) is 5.33. The molecule has 0 aliphatic rings. The van der Waals surface area contributed by atoms with Gasteiger partial charge in [0.1, 0.15) is 0 Å². The van der Waals surface area contributed by atoms with E-state index in [0.717, 1.165) is 22.3 Å². The van der Waals surface area contributed by atoms with Gasteiger partial charge in [-0.1, -0.05) is 18.7 Å². The summed E-state index contributed by atoms with van der Waals surface area (Å²) in [5.41, 5.74) is 2.12. The molecule has 4 heteroatoms. The molecule has 14 heavy (non-hydrogen) atoms. The largest absolute Gasteiger partial charge is 0.228 e. The summed E-state index contributed by atoms with van der Waals surface area (Å²) in [5, 5.41) is 0.916. The lowest BCUT2D eigenvalue weighted by atomic mass is 10.4. The van der Waals surface area contributed by atoms with Crippen LogP contribution in [0.5, 0.6) is 0 Å². The van der Waals surface area contributed by atoms with Gasteiger partial charge in [0.05, 0.1) is 0 Å². The highest BCUT2D eigenvalue weighted by Gasteiger charge is 1.99. The Morgan fingerprint density at radius 2 is 1.79 bits per heavy atom. The number of hydrogen-bond acceptors (Lipinski definition) is 4. The predicted octanol–water partition coefficient (Wildman–Crippen LogP) is 2.94. The molecule has 0 unspecified atom stereocenters. The van der Waals surface area contributed by atoms with Gasteiger partial charge in [-0.05, 0) is 25.7 Å². The quantitative estimate of drug-likeness (QED) is 0.440. The molecule has 0 spiro atoms. The van der Waals surface area contributed by atoms with Gasteiger partial charge in [0.25, 0.3) is 0 Å². The van der Waals surface area contributed by atoms with Crippen LogP contribution in [0.1, 0.15) is 18.3 Å². The summed E-state index contributed by atoms with van der Waals surface area (Å²) < 4.78 is 0. The highest BCUT2D eigenvalue weighted by atomic mass is 32.2. The summed E-state index contributed by atoms with van der Waals surface area (Å²) in [6, 6.07) is 2.00. The van der Waals surface area contributed by atoms with Gasteiger partial charge in [0, 0.05) is 22.9 Å². The minimum Gasteiger partial charge on any atom is -0.228 e. The molecule has 2 nitrogen and oxygen atoms in total. The second-order valence-corrected chi connectivity index (χ2v) is 5.43. The smallest absolute Gasteiger partial charge is 0.188 e. The van der Waals surface area contributed by atoms with Crippen molar-refractivity contribution in [3.63, 3.8) is 0 Å². The zero-order chi connectivity index (χ0) is 10.4. The Hall–Kier alpha value is -0.220. The fourth-order valence-corrected chi connectivity index (χ4v) is 2.79. The van der Waals surface area contributed by atoms with Crippen molar-refractivity contribution in [2.75, 3.05) is 17.3 Å². The minimum atomic E-state index is 0.916. The third-order valence-electron chi connectivity index (χ3n) is 1.62. The maximum Gasteiger partial charge on any atom is 0.188 e. The molecule has 0 aliphatic carbocycles. The van der Waals surface area contributed by atoms with Crippen LogP contribution in [-0.4, -0.2) is 27.2 Å². The van der Waals surface area contributed by atoms with Crippen molar-refractivity contribution >= 4 is 23.5 Å². The van der Waals surface area contributed by atoms with E-state index in [0.29, 0.717) is 0 Å². The molecule has 0 saturated carbocycles. The van der Waals surface area contributed by atoms with E-state index in [9.17, 15) is 0 Å². The normalized spacial score (nSPS) is 10.5. The number of hydrogen-bond donors (Lipinski definition) is 0. The van der Waals surface area contributed by atoms with Crippen LogP contribution in [0, 0.1) is 13.8 Å². The number of aromatic nitrogens is 2. The second kappa shape index (κ2) is 6.30. The first-order valence-corrected chi connectivity index (χ1v) is 6.89. The van der Waals surface area contributed by atoms with E-state index >= 15 is 0 Å². The van der Waals surface area contributed by atoms with E-state index in [1.165, 1.54) is 11.5 Å². The third kappa shape index (κ3) is 4.33. The highest BCUT2D eigenvalue weighted by Crippen LogP contribution is 2.15. The van der Waals surface area contributed by atoms with E-state index in [1.807, 2.05) is 31.7 Å². The van der Waals surface area contributed by atoms with E-state index in [1.54, 1.807) is 11.8 Å². The standard InChI is InChI=1S/C10H16N2S2/c1-4-13-5-6-14-10-11-8(2)7-9(3)12-10/h7H,4-6H2,1-3H3. The van der Waals surface area contributed by atoms with Gasteiger partial charge in [-0.3, -0.25) is 0 Å². The van der Waals surface area contributed by atoms with Crippen molar-refractivity contribution in [3.05, 3.63) is 17.5 Å². The average molecular weight is 228 g/mol. The summed E-state index contributed by atoms with van der Waals surface area (Å²) in [7, 11) is 0. The van der Waals surface area contributed by atoms with E-state index in [4.69, 9.17) is 0 Å². The average Bonchev–Trinajstić information content (AvgIpc) is 2.11. The lowest BCUT2D eigenvalue weighted by Gasteiger charge is -2.02. The molecule has 1 rings (SSSR count). The van der Waals surface area contributed by atoms with Crippen LogP contribution >= 0.6 is 23.5 Å². The molecule has 0 radical (unpaired) electrons. The summed E-state index contributed by atoms with van der Waals surface area (Å²) in [6.45, 7) is 6.21. The Morgan fingerprint density at radius 1 is 1.14 bits per heavy atom. The third-order valence-corrected chi connectivity index (χ3v) is 3.63. The number of nitrogens with zero attached hydrogens (tertiary/aromatic N) is 2. The van der Waals surface area contributed by atoms with Gasteiger partial charge in [-0.2, -0.15) is 11.8 Å². The maximum atomic E-state index is 4.37. The molecule has 0 atom stereocenters. The first kappa shape index (κ1) is 11.9. The second-order valence-electron chi connectivity index (χ2n) is 2.98. The predicted molar refractivity (Wildman–Crippen MR) is 65.2 cm³/mol. The van der Waals surface area contributed by atoms with Crippen molar-refractivity contribution in [3.8, 4) is 0 Å². The first-order chi connectivity index (χ1) is 6.72. The zero-order valence-electron chi connectivity index (χ0n) is 8.91. The van der Waals surface area contributed by atoms with Crippen LogP contribution in [0.15, 0.2) is 11.2 Å². The molecular weight excluding hydrogens is 212 g/mol. The highest BCUT2D eigenvalue weighted by molar-refractivity contribution is 8.02. The first-order valence-electron chi connectivity index (χ1n) is 4.75. The van der Waals surface area contributed by atoms with Crippen LogP contribution in [0.3, 0.4) is 0 Å². The summed E-state index contributed by atoms with van der Waals surface area (Å²) in [5.74, 6) is 3.47. The van der Waals surface area contributed by atoms with Gasteiger partial charge in [-0.15, -0.1) is 0 Å². The molecule has 0 amide bonds.